The summed E-state index contributed by atoms with van der Waals surface area (Å²) in [7, 11) is 0. The molecule has 1 aromatic carbocycles. The predicted octanol–water partition coefficient (Wildman–Crippen LogP) is 5.77. The number of hydrogen-bond donors (Lipinski definition) is 4. The topological polar surface area (TPSA) is 127 Å². The number of anilines is 2. The van der Waals surface area contributed by atoms with E-state index in [0.717, 1.165) is 33.9 Å². The fourth-order valence-corrected chi connectivity index (χ4v) is 3.01. The summed E-state index contributed by atoms with van der Waals surface area (Å²) in [4.78, 5) is 17.6. The molecule has 0 atom stereocenters. The molecular weight excluding hydrogens is 542 g/mol. The summed E-state index contributed by atoms with van der Waals surface area (Å²) in [6, 6.07) is 16.1. The predicted molar refractivity (Wildman–Crippen MR) is 163 cm³/mol. The zero-order chi connectivity index (χ0) is 23.1. The van der Waals surface area contributed by atoms with Crippen molar-refractivity contribution in [3.05, 3.63) is 60.9 Å². The van der Waals surface area contributed by atoms with Crippen molar-refractivity contribution in [1.82, 2.24) is 9.97 Å². The van der Waals surface area contributed by atoms with E-state index in [1.54, 1.807) is 12.4 Å². The SMILES string of the molecule is CC(C)N=C(N)Nc1ccc(-c2ccc(-c3ccc(NC(N)=NC(C)C)cn3)cc2)nc1.Cl.Cl.Cl.Cl. The fraction of sp³-hybridized carbons (Fsp3) is 0.250. The highest BCUT2D eigenvalue weighted by molar-refractivity contribution is 5.93. The minimum Gasteiger partial charge on any atom is -0.370 e. The van der Waals surface area contributed by atoms with Crippen molar-refractivity contribution in [2.45, 2.75) is 39.8 Å². The molecule has 36 heavy (non-hydrogen) atoms. The Morgan fingerprint density at radius 1 is 0.611 bits per heavy atom. The van der Waals surface area contributed by atoms with Gasteiger partial charge in [0.1, 0.15) is 0 Å². The van der Waals surface area contributed by atoms with Gasteiger partial charge in [-0.2, -0.15) is 0 Å². The summed E-state index contributed by atoms with van der Waals surface area (Å²) < 4.78 is 0. The lowest BCUT2D eigenvalue weighted by Crippen LogP contribution is -2.24. The van der Waals surface area contributed by atoms with E-state index in [9.17, 15) is 0 Å². The first-order valence-corrected chi connectivity index (χ1v) is 10.5. The Bertz CT molecular complexity index is 996. The molecule has 0 saturated carbocycles. The highest BCUT2D eigenvalue weighted by Gasteiger charge is 2.05. The van der Waals surface area contributed by atoms with E-state index in [0.29, 0.717) is 11.9 Å². The van der Waals surface area contributed by atoms with Gasteiger partial charge in [-0.25, -0.2) is 0 Å². The van der Waals surface area contributed by atoms with Crippen LogP contribution >= 0.6 is 49.6 Å². The van der Waals surface area contributed by atoms with Gasteiger partial charge in [0.05, 0.1) is 35.2 Å². The van der Waals surface area contributed by atoms with Crippen molar-refractivity contribution in [3.8, 4) is 22.5 Å². The van der Waals surface area contributed by atoms with E-state index in [1.165, 1.54) is 0 Å². The van der Waals surface area contributed by atoms with Gasteiger partial charge in [0.15, 0.2) is 11.9 Å². The number of rotatable bonds is 6. The van der Waals surface area contributed by atoms with Crippen molar-refractivity contribution >= 4 is 72.9 Å². The Morgan fingerprint density at radius 2 is 0.944 bits per heavy atom. The molecule has 0 aliphatic heterocycles. The second-order valence-electron chi connectivity index (χ2n) is 7.91. The lowest BCUT2D eigenvalue weighted by atomic mass is 10.1. The number of halogens is 4. The average Bonchev–Trinajstić information content (AvgIpc) is 2.74. The zero-order valence-electron chi connectivity index (χ0n) is 20.5. The average molecular weight is 576 g/mol. The largest absolute Gasteiger partial charge is 0.370 e. The third kappa shape index (κ3) is 10.9. The Morgan fingerprint density at radius 3 is 1.19 bits per heavy atom. The van der Waals surface area contributed by atoms with Gasteiger partial charge in [-0.05, 0) is 52.0 Å². The van der Waals surface area contributed by atoms with Gasteiger partial charge < -0.3 is 22.1 Å². The van der Waals surface area contributed by atoms with Crippen LogP contribution in [0.15, 0.2) is 70.9 Å². The number of guanidine groups is 2. The van der Waals surface area contributed by atoms with Gasteiger partial charge in [0.2, 0.25) is 0 Å². The van der Waals surface area contributed by atoms with E-state index < -0.39 is 0 Å². The van der Waals surface area contributed by atoms with E-state index >= 15 is 0 Å². The normalized spacial score (nSPS) is 10.9. The molecule has 0 fully saturated rings. The van der Waals surface area contributed by atoms with Crippen LogP contribution in [0, 0.1) is 0 Å². The number of benzene rings is 1. The van der Waals surface area contributed by atoms with Crippen molar-refractivity contribution in [2.24, 2.45) is 21.5 Å². The summed E-state index contributed by atoms with van der Waals surface area (Å²) in [5.41, 5.74) is 17.1. The quantitative estimate of drug-likeness (QED) is 0.218. The van der Waals surface area contributed by atoms with Gasteiger partial charge in [-0.1, -0.05) is 24.3 Å². The molecule has 0 saturated heterocycles. The van der Waals surface area contributed by atoms with Gasteiger partial charge in [-0.15, -0.1) is 49.6 Å². The molecule has 6 N–H and O–H groups in total. The highest BCUT2D eigenvalue weighted by Crippen LogP contribution is 2.24. The molecule has 0 bridgehead atoms. The number of nitrogens with two attached hydrogens (primary N) is 2. The van der Waals surface area contributed by atoms with E-state index in [2.05, 4.69) is 30.6 Å². The van der Waals surface area contributed by atoms with Gasteiger partial charge >= 0.3 is 0 Å². The molecule has 8 nitrogen and oxygen atoms in total. The molecule has 2 heterocycles. The minimum atomic E-state index is 0. The molecule has 3 rings (SSSR count). The molecular formula is C24H34Cl4N8. The number of hydrogen-bond acceptors (Lipinski definition) is 4. The lowest BCUT2D eigenvalue weighted by molar-refractivity contribution is 0.833. The highest BCUT2D eigenvalue weighted by atomic mass is 35.5. The first kappa shape index (κ1) is 35.4. The smallest absolute Gasteiger partial charge is 0.193 e. The van der Waals surface area contributed by atoms with Gasteiger partial charge in [0.25, 0.3) is 0 Å². The second kappa shape index (κ2) is 16.8. The van der Waals surface area contributed by atoms with Crippen LogP contribution < -0.4 is 22.1 Å². The maximum absolute atomic E-state index is 5.87. The third-order valence-corrected chi connectivity index (χ3v) is 4.34. The standard InChI is InChI=1S/C24H30N8.4ClH/c1-15(2)29-23(25)31-19-9-11-21(27-13-19)17-5-7-18(8-6-17)22-12-10-20(14-28-22)32-24(26)30-16(3)4;;;;/h5-16H,1-4H3,(H3,25,29,31)(H3,26,30,32);4*1H. The van der Waals surface area contributed by atoms with Gasteiger partial charge in [-0.3, -0.25) is 20.0 Å². The van der Waals surface area contributed by atoms with E-state index in [-0.39, 0.29) is 61.7 Å². The molecule has 0 unspecified atom stereocenters. The Balaban J connectivity index is 0. The molecule has 198 valence electrons. The first-order chi connectivity index (χ1) is 15.3. The van der Waals surface area contributed by atoms with Crippen LogP contribution in [0.25, 0.3) is 22.5 Å². The van der Waals surface area contributed by atoms with E-state index in [1.807, 2.05) is 76.2 Å². The second-order valence-corrected chi connectivity index (χ2v) is 7.91. The van der Waals surface area contributed by atoms with Crippen LogP contribution in [0.2, 0.25) is 0 Å². The molecule has 0 spiro atoms. The first-order valence-electron chi connectivity index (χ1n) is 10.5. The van der Waals surface area contributed by atoms with Crippen LogP contribution in [0.5, 0.6) is 0 Å². The van der Waals surface area contributed by atoms with Crippen LogP contribution in [-0.2, 0) is 0 Å². The molecule has 0 aliphatic rings. The van der Waals surface area contributed by atoms with Crippen LogP contribution in [0.1, 0.15) is 27.7 Å². The van der Waals surface area contributed by atoms with Gasteiger partial charge in [0, 0.05) is 23.2 Å². The Labute approximate surface area is 237 Å². The van der Waals surface area contributed by atoms with Crippen molar-refractivity contribution < 1.29 is 0 Å². The van der Waals surface area contributed by atoms with Crippen molar-refractivity contribution in [2.75, 3.05) is 10.6 Å². The zero-order valence-corrected chi connectivity index (χ0v) is 23.8. The summed E-state index contributed by atoms with van der Waals surface area (Å²) in [5.74, 6) is 0.755. The van der Waals surface area contributed by atoms with Crippen LogP contribution in [-0.4, -0.2) is 34.0 Å². The molecule has 0 radical (unpaired) electrons. The monoisotopic (exact) mass is 574 g/mol. The summed E-state index contributed by atoms with van der Waals surface area (Å²) in [6.45, 7) is 7.88. The van der Waals surface area contributed by atoms with Crippen molar-refractivity contribution in [1.29, 1.82) is 0 Å². The third-order valence-electron chi connectivity index (χ3n) is 4.34. The summed E-state index contributed by atoms with van der Waals surface area (Å²) >= 11 is 0. The summed E-state index contributed by atoms with van der Waals surface area (Å²) in [5, 5.41) is 6.09. The molecule has 0 amide bonds. The Hall–Kier alpha value is -2.78. The van der Waals surface area contributed by atoms with Crippen LogP contribution in [0.3, 0.4) is 0 Å². The lowest BCUT2D eigenvalue weighted by Gasteiger charge is -2.09. The summed E-state index contributed by atoms with van der Waals surface area (Å²) in [6.07, 6.45) is 3.49. The van der Waals surface area contributed by atoms with E-state index in [4.69, 9.17) is 11.5 Å². The molecule has 3 aromatic rings. The number of aromatic nitrogens is 2. The maximum Gasteiger partial charge on any atom is 0.193 e. The molecule has 12 heteroatoms. The molecule has 2 aromatic heterocycles. The fourth-order valence-electron chi connectivity index (χ4n) is 3.01. The minimum absolute atomic E-state index is 0. The Kier molecular flexibility index (Phi) is 16.5. The number of aliphatic imine (C=N–C) groups is 2. The number of pyridine rings is 2. The number of nitrogens with one attached hydrogen (secondary N) is 2. The maximum atomic E-state index is 5.87. The van der Waals surface area contributed by atoms with Crippen LogP contribution in [0.4, 0.5) is 11.4 Å². The number of nitrogens with zero attached hydrogens (tertiary/aromatic N) is 4. The molecule has 0 aliphatic carbocycles. The van der Waals surface area contributed by atoms with Crippen molar-refractivity contribution in [3.63, 3.8) is 0 Å².